The maximum absolute atomic E-state index is 6.09. The second-order valence-corrected chi connectivity index (χ2v) is 6.73. The molecule has 0 radical (unpaired) electrons. The molecule has 1 unspecified atom stereocenters. The topological polar surface area (TPSA) is 21.3 Å². The van der Waals surface area contributed by atoms with Crippen molar-refractivity contribution in [2.45, 2.75) is 13.0 Å². The molecule has 1 N–H and O–H groups in total. The summed E-state index contributed by atoms with van der Waals surface area (Å²) in [4.78, 5) is 0. The second kappa shape index (κ2) is 7.63. The molecule has 0 saturated carbocycles. The molecule has 2 aromatic carbocycles. The molecule has 1 atom stereocenters. The van der Waals surface area contributed by atoms with Gasteiger partial charge in [-0.1, -0.05) is 40.5 Å². The summed E-state index contributed by atoms with van der Waals surface area (Å²) in [6, 6.07) is 12.0. The van der Waals surface area contributed by atoms with Crippen LogP contribution in [0.25, 0.3) is 0 Å². The van der Waals surface area contributed by atoms with Gasteiger partial charge in [-0.3, -0.25) is 0 Å². The van der Waals surface area contributed by atoms with Crippen LogP contribution in [0.5, 0.6) is 5.75 Å². The van der Waals surface area contributed by atoms with Gasteiger partial charge in [0.25, 0.3) is 0 Å². The van der Waals surface area contributed by atoms with Crippen molar-refractivity contribution in [3.05, 3.63) is 61.5 Å². The molecule has 21 heavy (non-hydrogen) atoms. The first-order valence-electron chi connectivity index (χ1n) is 6.58. The molecule has 112 valence electrons. The van der Waals surface area contributed by atoms with Gasteiger partial charge in [-0.05, 0) is 58.4 Å². The standard InChI is InChI=1S/C16H16Br2ClNO/c1-3-20-16(10-4-6-14(19)13(18)8-10)12-9-11(17)5-7-15(12)21-2/h4-9,16,20H,3H2,1-2H3. The summed E-state index contributed by atoms with van der Waals surface area (Å²) in [5.74, 6) is 0.857. The highest BCUT2D eigenvalue weighted by Crippen LogP contribution is 2.34. The molecule has 0 fully saturated rings. The van der Waals surface area contributed by atoms with Crippen molar-refractivity contribution >= 4 is 43.5 Å². The van der Waals surface area contributed by atoms with Crippen LogP contribution < -0.4 is 10.1 Å². The molecule has 2 aromatic rings. The zero-order valence-electron chi connectivity index (χ0n) is 11.8. The SMILES string of the molecule is CCNC(c1ccc(Cl)c(Br)c1)c1cc(Br)ccc1OC. The van der Waals surface area contributed by atoms with E-state index in [2.05, 4.69) is 50.2 Å². The van der Waals surface area contributed by atoms with E-state index >= 15 is 0 Å². The zero-order valence-corrected chi connectivity index (χ0v) is 15.7. The van der Waals surface area contributed by atoms with Gasteiger partial charge in [0.15, 0.2) is 0 Å². The largest absolute Gasteiger partial charge is 0.496 e. The smallest absolute Gasteiger partial charge is 0.124 e. The fourth-order valence-electron chi connectivity index (χ4n) is 2.23. The van der Waals surface area contributed by atoms with Gasteiger partial charge in [0.1, 0.15) is 5.75 Å². The van der Waals surface area contributed by atoms with Crippen LogP contribution >= 0.6 is 43.5 Å². The minimum Gasteiger partial charge on any atom is -0.496 e. The first-order valence-corrected chi connectivity index (χ1v) is 8.55. The van der Waals surface area contributed by atoms with Crippen LogP contribution in [0.15, 0.2) is 45.3 Å². The molecule has 0 aromatic heterocycles. The Bertz CT molecular complexity index is 634. The Hall–Kier alpha value is -0.550. The Morgan fingerprint density at radius 1 is 1.19 bits per heavy atom. The van der Waals surface area contributed by atoms with Gasteiger partial charge in [0.05, 0.1) is 18.2 Å². The van der Waals surface area contributed by atoms with Crippen LogP contribution in [0, 0.1) is 0 Å². The first kappa shape index (κ1) is 16.8. The maximum Gasteiger partial charge on any atom is 0.124 e. The summed E-state index contributed by atoms with van der Waals surface area (Å²) in [5.41, 5.74) is 2.22. The Balaban J connectivity index is 2.52. The lowest BCUT2D eigenvalue weighted by molar-refractivity contribution is 0.404. The zero-order chi connectivity index (χ0) is 15.4. The fourth-order valence-corrected chi connectivity index (χ4v) is 3.13. The number of hydrogen-bond donors (Lipinski definition) is 1. The molecule has 2 rings (SSSR count). The Morgan fingerprint density at radius 2 is 1.95 bits per heavy atom. The lowest BCUT2D eigenvalue weighted by Crippen LogP contribution is -2.22. The third kappa shape index (κ3) is 4.01. The van der Waals surface area contributed by atoms with Crippen LogP contribution in [0.4, 0.5) is 0 Å². The van der Waals surface area contributed by atoms with Gasteiger partial charge >= 0.3 is 0 Å². The average Bonchev–Trinajstić information content (AvgIpc) is 2.48. The van der Waals surface area contributed by atoms with E-state index in [1.807, 2.05) is 30.3 Å². The number of methoxy groups -OCH3 is 1. The minimum atomic E-state index is 0.0380. The van der Waals surface area contributed by atoms with E-state index in [9.17, 15) is 0 Å². The summed E-state index contributed by atoms with van der Waals surface area (Å²) in [6.07, 6.45) is 0. The molecular formula is C16H16Br2ClNO. The van der Waals surface area contributed by atoms with Crippen molar-refractivity contribution in [3.63, 3.8) is 0 Å². The number of hydrogen-bond acceptors (Lipinski definition) is 2. The maximum atomic E-state index is 6.09. The van der Waals surface area contributed by atoms with Crippen molar-refractivity contribution in [2.75, 3.05) is 13.7 Å². The monoisotopic (exact) mass is 431 g/mol. The summed E-state index contributed by atoms with van der Waals surface area (Å²) in [7, 11) is 1.69. The molecule has 0 aliphatic heterocycles. The Labute approximate surface area is 147 Å². The number of benzene rings is 2. The molecule has 0 aliphatic rings. The quantitative estimate of drug-likeness (QED) is 0.665. The van der Waals surface area contributed by atoms with Crippen LogP contribution in [-0.4, -0.2) is 13.7 Å². The van der Waals surface area contributed by atoms with Gasteiger partial charge in [0.2, 0.25) is 0 Å². The number of ether oxygens (including phenoxy) is 1. The summed E-state index contributed by atoms with van der Waals surface area (Å²) >= 11 is 13.1. The number of nitrogens with one attached hydrogen (secondary N) is 1. The van der Waals surface area contributed by atoms with Gasteiger partial charge in [-0.15, -0.1) is 0 Å². The van der Waals surface area contributed by atoms with Gasteiger partial charge in [0, 0.05) is 14.5 Å². The summed E-state index contributed by atoms with van der Waals surface area (Å²) in [6.45, 7) is 2.93. The van der Waals surface area contributed by atoms with Crippen LogP contribution in [0.2, 0.25) is 5.02 Å². The first-order chi connectivity index (χ1) is 10.1. The lowest BCUT2D eigenvalue weighted by atomic mass is 9.98. The van der Waals surface area contributed by atoms with E-state index in [0.29, 0.717) is 5.02 Å². The van der Waals surface area contributed by atoms with E-state index in [4.69, 9.17) is 16.3 Å². The van der Waals surface area contributed by atoms with Gasteiger partial charge < -0.3 is 10.1 Å². The second-order valence-electron chi connectivity index (χ2n) is 4.55. The molecule has 2 nitrogen and oxygen atoms in total. The van der Waals surface area contributed by atoms with E-state index < -0.39 is 0 Å². The Morgan fingerprint density at radius 3 is 2.57 bits per heavy atom. The highest BCUT2D eigenvalue weighted by molar-refractivity contribution is 9.10. The molecule has 5 heteroatoms. The van der Waals surface area contributed by atoms with Gasteiger partial charge in [-0.2, -0.15) is 0 Å². The summed E-state index contributed by atoms with van der Waals surface area (Å²) in [5, 5.41) is 4.20. The fraction of sp³-hybridized carbons (Fsp3) is 0.250. The molecular weight excluding hydrogens is 417 g/mol. The van der Waals surface area contributed by atoms with E-state index in [0.717, 1.165) is 32.4 Å². The Kier molecular flexibility index (Phi) is 6.11. The minimum absolute atomic E-state index is 0.0380. The third-order valence-corrected chi connectivity index (χ3v) is 4.90. The lowest BCUT2D eigenvalue weighted by Gasteiger charge is -2.22. The van der Waals surface area contributed by atoms with E-state index in [-0.39, 0.29) is 6.04 Å². The van der Waals surface area contributed by atoms with Crippen molar-refractivity contribution in [2.24, 2.45) is 0 Å². The van der Waals surface area contributed by atoms with Crippen molar-refractivity contribution < 1.29 is 4.74 Å². The van der Waals surface area contributed by atoms with Crippen molar-refractivity contribution in [3.8, 4) is 5.75 Å². The number of halogens is 3. The van der Waals surface area contributed by atoms with Crippen LogP contribution in [-0.2, 0) is 0 Å². The van der Waals surface area contributed by atoms with E-state index in [1.165, 1.54) is 0 Å². The normalized spacial score (nSPS) is 12.2. The van der Waals surface area contributed by atoms with Crippen LogP contribution in [0.3, 0.4) is 0 Å². The van der Waals surface area contributed by atoms with Crippen molar-refractivity contribution in [1.29, 1.82) is 0 Å². The predicted octanol–water partition coefficient (Wildman–Crippen LogP) is 5.57. The highest BCUT2D eigenvalue weighted by atomic mass is 79.9. The summed E-state index contributed by atoms with van der Waals surface area (Å²) < 4.78 is 7.41. The highest BCUT2D eigenvalue weighted by Gasteiger charge is 2.18. The predicted molar refractivity (Wildman–Crippen MR) is 95.4 cm³/mol. The van der Waals surface area contributed by atoms with Crippen LogP contribution in [0.1, 0.15) is 24.1 Å². The van der Waals surface area contributed by atoms with Gasteiger partial charge in [-0.25, -0.2) is 0 Å². The number of rotatable bonds is 5. The average molecular weight is 434 g/mol. The molecule has 0 saturated heterocycles. The molecule has 0 heterocycles. The molecule has 0 aliphatic carbocycles. The van der Waals surface area contributed by atoms with E-state index in [1.54, 1.807) is 7.11 Å². The molecule has 0 amide bonds. The molecule has 0 bridgehead atoms. The molecule has 0 spiro atoms. The third-order valence-electron chi connectivity index (χ3n) is 3.19. The van der Waals surface area contributed by atoms with Crippen molar-refractivity contribution in [1.82, 2.24) is 5.32 Å².